The van der Waals surface area contributed by atoms with Gasteiger partial charge < -0.3 is 19.3 Å². The van der Waals surface area contributed by atoms with E-state index >= 15 is 0 Å². The minimum atomic E-state index is -0.878. The van der Waals surface area contributed by atoms with Crippen LogP contribution >= 0.6 is 21.6 Å². The Morgan fingerprint density at radius 1 is 0.893 bits per heavy atom. The highest BCUT2D eigenvalue weighted by molar-refractivity contribution is 8.76. The summed E-state index contributed by atoms with van der Waals surface area (Å²) >= 11 is 0. The van der Waals surface area contributed by atoms with Crippen molar-refractivity contribution in [3.8, 4) is 17.2 Å². The Hall–Kier alpha value is -2.32. The van der Waals surface area contributed by atoms with Crippen molar-refractivity contribution in [3.05, 3.63) is 54.1 Å². The SMILES string of the molecule is COc1ccc(OC(=O)CCSSC[C@@H](C(=O)O)c2ccc(OC)cc2)cc1. The Labute approximate surface area is 172 Å². The fourth-order valence-electron chi connectivity index (χ4n) is 2.27. The van der Waals surface area contributed by atoms with E-state index in [0.29, 0.717) is 28.8 Å². The van der Waals surface area contributed by atoms with Gasteiger partial charge in [0.15, 0.2) is 0 Å². The maximum atomic E-state index is 11.9. The number of carbonyl (C=O) groups is 2. The monoisotopic (exact) mass is 422 g/mol. The minimum absolute atomic E-state index is 0.240. The molecule has 0 fully saturated rings. The van der Waals surface area contributed by atoms with Crippen molar-refractivity contribution in [2.75, 3.05) is 25.7 Å². The molecule has 0 unspecified atom stereocenters. The first-order valence-corrected chi connectivity index (χ1v) is 11.0. The Balaban J connectivity index is 1.72. The van der Waals surface area contributed by atoms with E-state index in [2.05, 4.69) is 0 Å². The van der Waals surface area contributed by atoms with Crippen LogP contribution in [0.3, 0.4) is 0 Å². The maximum absolute atomic E-state index is 11.9. The van der Waals surface area contributed by atoms with Crippen molar-refractivity contribution < 1.29 is 28.9 Å². The molecule has 0 aliphatic carbocycles. The van der Waals surface area contributed by atoms with Crippen LogP contribution in [0.5, 0.6) is 17.2 Å². The predicted molar refractivity (Wildman–Crippen MR) is 112 cm³/mol. The summed E-state index contributed by atoms with van der Waals surface area (Å²) in [5.74, 6) is 0.958. The number of hydrogen-bond acceptors (Lipinski definition) is 7. The third kappa shape index (κ3) is 7.01. The second kappa shape index (κ2) is 11.5. The van der Waals surface area contributed by atoms with Crippen molar-refractivity contribution >= 4 is 33.5 Å². The number of esters is 1. The molecule has 1 N–H and O–H groups in total. The topological polar surface area (TPSA) is 82.1 Å². The predicted octanol–water partition coefficient (Wildman–Crippen LogP) is 4.25. The van der Waals surface area contributed by atoms with Gasteiger partial charge in [-0.2, -0.15) is 0 Å². The van der Waals surface area contributed by atoms with Crippen LogP contribution < -0.4 is 14.2 Å². The second-order valence-electron chi connectivity index (χ2n) is 5.67. The summed E-state index contributed by atoms with van der Waals surface area (Å²) in [6.07, 6.45) is 0.240. The molecule has 0 saturated carbocycles. The van der Waals surface area contributed by atoms with Gasteiger partial charge >= 0.3 is 11.9 Å². The van der Waals surface area contributed by atoms with Gasteiger partial charge in [0.05, 0.1) is 26.6 Å². The third-order valence-corrected chi connectivity index (χ3v) is 6.23. The summed E-state index contributed by atoms with van der Waals surface area (Å²) in [4.78, 5) is 23.4. The number of carboxylic acids is 1. The largest absolute Gasteiger partial charge is 0.497 e. The number of hydrogen-bond donors (Lipinski definition) is 1. The van der Waals surface area contributed by atoms with Gasteiger partial charge in [-0.05, 0) is 42.0 Å². The lowest BCUT2D eigenvalue weighted by Crippen LogP contribution is -2.14. The first kappa shape index (κ1) is 22.0. The summed E-state index contributed by atoms with van der Waals surface area (Å²) in [6, 6.07) is 13.8. The Bertz CT molecular complexity index is 761. The van der Waals surface area contributed by atoms with Crippen LogP contribution in [0.2, 0.25) is 0 Å². The molecule has 150 valence electrons. The average molecular weight is 423 g/mol. The van der Waals surface area contributed by atoms with E-state index in [4.69, 9.17) is 14.2 Å². The number of carboxylic acid groups (broad SMARTS) is 1. The molecule has 0 aromatic heterocycles. The first-order chi connectivity index (χ1) is 13.5. The molecule has 6 nitrogen and oxygen atoms in total. The third-order valence-electron chi connectivity index (χ3n) is 3.81. The zero-order chi connectivity index (χ0) is 20.4. The zero-order valence-corrected chi connectivity index (χ0v) is 17.3. The number of benzene rings is 2. The Morgan fingerprint density at radius 3 is 1.96 bits per heavy atom. The van der Waals surface area contributed by atoms with Crippen LogP contribution in [0.4, 0.5) is 0 Å². The van der Waals surface area contributed by atoms with Crippen LogP contribution in [0.1, 0.15) is 17.9 Å². The molecule has 0 bridgehead atoms. The molecule has 0 aliphatic heterocycles. The fourth-order valence-corrected chi connectivity index (χ4v) is 4.51. The molecule has 0 heterocycles. The summed E-state index contributed by atoms with van der Waals surface area (Å²) < 4.78 is 15.4. The van der Waals surface area contributed by atoms with Crippen LogP contribution in [0.25, 0.3) is 0 Å². The first-order valence-electron chi connectivity index (χ1n) is 8.49. The number of carbonyl (C=O) groups excluding carboxylic acids is 1. The second-order valence-corrected chi connectivity index (χ2v) is 8.30. The van der Waals surface area contributed by atoms with Crippen LogP contribution in [0, 0.1) is 0 Å². The molecule has 0 amide bonds. The van der Waals surface area contributed by atoms with Gasteiger partial charge in [-0.1, -0.05) is 33.7 Å². The Morgan fingerprint density at radius 2 is 1.43 bits per heavy atom. The molecule has 28 heavy (non-hydrogen) atoms. The van der Waals surface area contributed by atoms with Crippen molar-refractivity contribution in [1.82, 2.24) is 0 Å². The maximum Gasteiger partial charge on any atom is 0.312 e. The van der Waals surface area contributed by atoms with E-state index in [1.165, 1.54) is 21.6 Å². The number of rotatable bonds is 11. The molecular formula is C20H22O6S2. The highest BCUT2D eigenvalue weighted by Gasteiger charge is 2.20. The van der Waals surface area contributed by atoms with Crippen molar-refractivity contribution in [1.29, 1.82) is 0 Å². The summed E-state index contributed by atoms with van der Waals surface area (Å²) in [5, 5.41) is 9.46. The van der Waals surface area contributed by atoms with Gasteiger partial charge in [-0.3, -0.25) is 9.59 Å². The molecule has 2 aromatic rings. The molecule has 0 aliphatic rings. The molecule has 8 heteroatoms. The number of ether oxygens (including phenoxy) is 3. The smallest absolute Gasteiger partial charge is 0.312 e. The molecule has 1 atom stereocenters. The molecule has 0 saturated heterocycles. The van der Waals surface area contributed by atoms with Gasteiger partial charge in [0.25, 0.3) is 0 Å². The van der Waals surface area contributed by atoms with E-state index in [1.54, 1.807) is 62.8 Å². The molecule has 2 aromatic carbocycles. The molecule has 2 rings (SSSR count). The van der Waals surface area contributed by atoms with E-state index < -0.39 is 11.9 Å². The summed E-state index contributed by atoms with van der Waals surface area (Å²) in [6.45, 7) is 0. The highest BCUT2D eigenvalue weighted by atomic mass is 33.1. The highest BCUT2D eigenvalue weighted by Crippen LogP contribution is 2.30. The summed E-state index contributed by atoms with van der Waals surface area (Å²) in [7, 11) is 6.02. The van der Waals surface area contributed by atoms with Gasteiger partial charge in [0.2, 0.25) is 0 Å². The average Bonchev–Trinajstić information content (AvgIpc) is 2.71. The standard InChI is InChI=1S/C20H22O6S2/c1-24-15-5-3-14(4-6-15)18(20(22)23)13-28-27-12-11-19(21)26-17-9-7-16(25-2)8-10-17/h3-10,18H,11-13H2,1-2H3,(H,22,23)/t18-/m1/s1. The van der Waals surface area contributed by atoms with Gasteiger partial charge in [-0.15, -0.1) is 0 Å². The molecule has 0 radical (unpaired) electrons. The van der Waals surface area contributed by atoms with E-state index in [-0.39, 0.29) is 12.4 Å². The summed E-state index contributed by atoms with van der Waals surface area (Å²) in [5.41, 5.74) is 0.723. The van der Waals surface area contributed by atoms with Gasteiger partial charge in [-0.25, -0.2) is 0 Å². The van der Waals surface area contributed by atoms with Crippen molar-refractivity contribution in [2.24, 2.45) is 0 Å². The van der Waals surface area contributed by atoms with E-state index in [9.17, 15) is 14.7 Å². The molecular weight excluding hydrogens is 400 g/mol. The Kier molecular flexibility index (Phi) is 9.03. The van der Waals surface area contributed by atoms with Gasteiger partial charge in [0.1, 0.15) is 17.2 Å². The minimum Gasteiger partial charge on any atom is -0.497 e. The van der Waals surface area contributed by atoms with E-state index in [0.717, 1.165) is 5.56 Å². The quantitative estimate of drug-likeness (QED) is 0.249. The van der Waals surface area contributed by atoms with Crippen molar-refractivity contribution in [2.45, 2.75) is 12.3 Å². The number of methoxy groups -OCH3 is 2. The van der Waals surface area contributed by atoms with E-state index in [1.807, 2.05) is 0 Å². The lowest BCUT2D eigenvalue weighted by molar-refractivity contribution is -0.138. The lowest BCUT2D eigenvalue weighted by Gasteiger charge is -2.12. The van der Waals surface area contributed by atoms with Crippen LogP contribution in [0.15, 0.2) is 48.5 Å². The normalized spacial score (nSPS) is 11.5. The van der Waals surface area contributed by atoms with Crippen molar-refractivity contribution in [3.63, 3.8) is 0 Å². The number of aliphatic carboxylic acids is 1. The lowest BCUT2D eigenvalue weighted by atomic mass is 10.0. The van der Waals surface area contributed by atoms with Crippen LogP contribution in [-0.4, -0.2) is 42.8 Å². The molecule has 0 spiro atoms. The fraction of sp³-hybridized carbons (Fsp3) is 0.300. The zero-order valence-electron chi connectivity index (χ0n) is 15.6. The van der Waals surface area contributed by atoms with Gasteiger partial charge in [0, 0.05) is 11.5 Å². The van der Waals surface area contributed by atoms with Crippen LogP contribution in [-0.2, 0) is 9.59 Å².